The molecule has 3 aromatic rings. The molecule has 0 unspecified atom stereocenters. The fourth-order valence-electron chi connectivity index (χ4n) is 3.00. The largest absolute Gasteiger partial charge is 0.327 e. The number of carbonyl (C=O) groups is 1. The van der Waals surface area contributed by atoms with Crippen molar-refractivity contribution >= 4 is 11.7 Å². The Morgan fingerprint density at radius 1 is 0.760 bits per heavy atom. The lowest BCUT2D eigenvalue weighted by Crippen LogP contribution is -2.33. The number of amides is 2. The van der Waals surface area contributed by atoms with Gasteiger partial charge in [-0.3, -0.25) is 0 Å². The molecule has 126 valence electrons. The number of urea groups is 1. The maximum Gasteiger partial charge on any atom is 0.319 e. The van der Waals surface area contributed by atoms with Crippen LogP contribution in [0.25, 0.3) is 0 Å². The Labute approximate surface area is 148 Å². The van der Waals surface area contributed by atoms with Crippen molar-refractivity contribution in [2.75, 3.05) is 5.32 Å². The van der Waals surface area contributed by atoms with Crippen molar-refractivity contribution in [3.8, 4) is 0 Å². The van der Waals surface area contributed by atoms with Gasteiger partial charge in [-0.25, -0.2) is 4.79 Å². The zero-order chi connectivity index (χ0) is 17.6. The summed E-state index contributed by atoms with van der Waals surface area (Å²) in [6, 6.07) is 25.6. The fraction of sp³-hybridized carbons (Fsp3) is 0.136. The molecule has 3 rings (SSSR count). The summed E-state index contributed by atoms with van der Waals surface area (Å²) in [7, 11) is 0. The number of carbonyl (C=O) groups excluding carboxylic acids is 1. The fourth-order valence-corrected chi connectivity index (χ4v) is 3.00. The lowest BCUT2D eigenvalue weighted by molar-refractivity contribution is 0.250. The van der Waals surface area contributed by atoms with Crippen LogP contribution in [0.2, 0.25) is 0 Å². The molecular formula is C22H22N2O. The molecule has 0 radical (unpaired) electrons. The zero-order valence-corrected chi connectivity index (χ0v) is 14.5. The van der Waals surface area contributed by atoms with Gasteiger partial charge in [-0.05, 0) is 48.2 Å². The van der Waals surface area contributed by atoms with Gasteiger partial charge < -0.3 is 10.6 Å². The second kappa shape index (κ2) is 7.67. The van der Waals surface area contributed by atoms with Crippen molar-refractivity contribution in [3.05, 3.63) is 101 Å². The van der Waals surface area contributed by atoms with Gasteiger partial charge in [0.2, 0.25) is 0 Å². The molecule has 0 aromatic heterocycles. The van der Waals surface area contributed by atoms with Crippen molar-refractivity contribution in [1.82, 2.24) is 5.32 Å². The van der Waals surface area contributed by atoms with Crippen LogP contribution in [0.4, 0.5) is 10.5 Å². The monoisotopic (exact) mass is 330 g/mol. The standard InChI is InChI=1S/C22H22N2O/c1-16-13-17(2)15-20(14-16)23-22(25)24-21(18-9-5-3-6-10-18)19-11-7-4-8-12-19/h3-15,21H,1-2H3,(H2,23,24,25). The van der Waals surface area contributed by atoms with E-state index in [0.717, 1.165) is 27.9 Å². The average Bonchev–Trinajstić information content (AvgIpc) is 2.60. The third-order valence-corrected chi connectivity index (χ3v) is 4.02. The van der Waals surface area contributed by atoms with Crippen LogP contribution >= 0.6 is 0 Å². The first-order valence-corrected chi connectivity index (χ1v) is 8.37. The molecule has 0 heterocycles. The van der Waals surface area contributed by atoms with E-state index in [1.807, 2.05) is 86.6 Å². The van der Waals surface area contributed by atoms with Gasteiger partial charge in [-0.1, -0.05) is 66.7 Å². The Balaban J connectivity index is 1.81. The topological polar surface area (TPSA) is 41.1 Å². The van der Waals surface area contributed by atoms with Crippen molar-refractivity contribution in [1.29, 1.82) is 0 Å². The Bertz CT molecular complexity index is 785. The Morgan fingerprint density at radius 3 is 1.72 bits per heavy atom. The van der Waals surface area contributed by atoms with E-state index in [1.54, 1.807) is 0 Å². The molecule has 0 aliphatic carbocycles. The summed E-state index contributed by atoms with van der Waals surface area (Å²) in [5, 5.41) is 6.03. The van der Waals surface area contributed by atoms with Gasteiger partial charge in [-0.2, -0.15) is 0 Å². The second-order valence-corrected chi connectivity index (χ2v) is 6.23. The molecule has 0 saturated carbocycles. The first-order valence-electron chi connectivity index (χ1n) is 8.37. The summed E-state index contributed by atoms with van der Waals surface area (Å²) in [5.74, 6) is 0. The SMILES string of the molecule is Cc1cc(C)cc(NC(=O)NC(c2ccccc2)c2ccccc2)c1. The summed E-state index contributed by atoms with van der Waals surface area (Å²) < 4.78 is 0. The van der Waals surface area contributed by atoms with Crippen LogP contribution < -0.4 is 10.6 Å². The van der Waals surface area contributed by atoms with E-state index in [9.17, 15) is 4.79 Å². The second-order valence-electron chi connectivity index (χ2n) is 6.23. The highest BCUT2D eigenvalue weighted by Gasteiger charge is 2.16. The molecule has 0 fully saturated rings. The van der Waals surface area contributed by atoms with Gasteiger partial charge >= 0.3 is 6.03 Å². The maximum atomic E-state index is 12.6. The van der Waals surface area contributed by atoms with Crippen molar-refractivity contribution in [2.24, 2.45) is 0 Å². The van der Waals surface area contributed by atoms with Gasteiger partial charge in [0, 0.05) is 5.69 Å². The molecular weight excluding hydrogens is 308 g/mol. The van der Waals surface area contributed by atoms with E-state index >= 15 is 0 Å². The van der Waals surface area contributed by atoms with Gasteiger partial charge in [0.25, 0.3) is 0 Å². The third-order valence-electron chi connectivity index (χ3n) is 4.02. The van der Waals surface area contributed by atoms with Crippen LogP contribution in [-0.2, 0) is 0 Å². The molecule has 3 aromatic carbocycles. The number of hydrogen-bond donors (Lipinski definition) is 2. The minimum absolute atomic E-state index is 0.201. The van der Waals surface area contributed by atoms with Gasteiger partial charge in [0.1, 0.15) is 0 Å². The Kier molecular flexibility index (Phi) is 5.14. The number of hydrogen-bond acceptors (Lipinski definition) is 1. The van der Waals surface area contributed by atoms with Crippen LogP contribution in [0, 0.1) is 13.8 Å². The van der Waals surface area contributed by atoms with E-state index in [0.29, 0.717) is 0 Å². The molecule has 0 aliphatic heterocycles. The summed E-state index contributed by atoms with van der Waals surface area (Å²) in [6.45, 7) is 4.04. The lowest BCUT2D eigenvalue weighted by atomic mass is 9.99. The highest BCUT2D eigenvalue weighted by Crippen LogP contribution is 2.22. The van der Waals surface area contributed by atoms with E-state index in [1.165, 1.54) is 0 Å². The first kappa shape index (κ1) is 16.8. The summed E-state index contributed by atoms with van der Waals surface area (Å²) >= 11 is 0. The van der Waals surface area contributed by atoms with Crippen molar-refractivity contribution in [2.45, 2.75) is 19.9 Å². The number of rotatable bonds is 4. The normalized spacial score (nSPS) is 10.5. The highest BCUT2D eigenvalue weighted by molar-refractivity contribution is 5.90. The van der Waals surface area contributed by atoms with Crippen molar-refractivity contribution < 1.29 is 4.79 Å². The van der Waals surface area contributed by atoms with Gasteiger partial charge in [-0.15, -0.1) is 0 Å². The lowest BCUT2D eigenvalue weighted by Gasteiger charge is -2.20. The van der Waals surface area contributed by atoms with Crippen LogP contribution in [0.15, 0.2) is 78.9 Å². The molecule has 0 saturated heterocycles. The number of nitrogens with one attached hydrogen (secondary N) is 2. The number of benzene rings is 3. The number of anilines is 1. The molecule has 0 spiro atoms. The van der Waals surface area contributed by atoms with Crippen LogP contribution in [0.5, 0.6) is 0 Å². The molecule has 0 aliphatic rings. The van der Waals surface area contributed by atoms with E-state index in [2.05, 4.69) is 16.7 Å². The molecule has 3 heteroatoms. The van der Waals surface area contributed by atoms with E-state index in [4.69, 9.17) is 0 Å². The minimum Gasteiger partial charge on any atom is -0.327 e. The third kappa shape index (κ3) is 4.48. The quantitative estimate of drug-likeness (QED) is 0.677. The smallest absolute Gasteiger partial charge is 0.319 e. The summed E-state index contributed by atoms with van der Waals surface area (Å²) in [6.07, 6.45) is 0. The van der Waals surface area contributed by atoms with Gasteiger partial charge in [0.15, 0.2) is 0 Å². The zero-order valence-electron chi connectivity index (χ0n) is 14.5. The minimum atomic E-state index is -0.220. The molecule has 3 nitrogen and oxygen atoms in total. The molecule has 0 atom stereocenters. The van der Waals surface area contributed by atoms with Crippen LogP contribution in [-0.4, -0.2) is 6.03 Å². The molecule has 0 bridgehead atoms. The average molecular weight is 330 g/mol. The van der Waals surface area contributed by atoms with Crippen LogP contribution in [0.1, 0.15) is 28.3 Å². The molecule has 25 heavy (non-hydrogen) atoms. The Morgan fingerprint density at radius 2 is 1.24 bits per heavy atom. The van der Waals surface area contributed by atoms with Crippen molar-refractivity contribution in [3.63, 3.8) is 0 Å². The van der Waals surface area contributed by atoms with Crippen LogP contribution in [0.3, 0.4) is 0 Å². The summed E-state index contributed by atoms with van der Waals surface area (Å²) in [4.78, 5) is 12.6. The van der Waals surface area contributed by atoms with E-state index in [-0.39, 0.29) is 12.1 Å². The highest BCUT2D eigenvalue weighted by atomic mass is 16.2. The predicted octanol–water partition coefficient (Wildman–Crippen LogP) is 5.21. The number of aryl methyl sites for hydroxylation is 2. The molecule has 2 N–H and O–H groups in total. The predicted molar refractivity (Wildman–Crippen MR) is 103 cm³/mol. The summed E-state index contributed by atoms with van der Waals surface area (Å²) in [5.41, 5.74) is 5.14. The Hall–Kier alpha value is -3.07. The van der Waals surface area contributed by atoms with Gasteiger partial charge in [0.05, 0.1) is 6.04 Å². The molecule has 2 amide bonds. The van der Waals surface area contributed by atoms with E-state index < -0.39 is 0 Å². The first-order chi connectivity index (χ1) is 12.1. The maximum absolute atomic E-state index is 12.6.